The molecule has 21 heavy (non-hydrogen) atoms. The molecule has 0 fully saturated rings. The lowest BCUT2D eigenvalue weighted by molar-refractivity contribution is -0.140. The molecule has 0 aromatic heterocycles. The molecule has 4 nitrogen and oxygen atoms in total. The van der Waals surface area contributed by atoms with Crippen LogP contribution in [0.2, 0.25) is 0 Å². The second-order valence-corrected chi connectivity index (χ2v) is 5.80. The van der Waals surface area contributed by atoms with E-state index < -0.39 is 18.1 Å². The van der Waals surface area contributed by atoms with Crippen molar-refractivity contribution < 1.29 is 15.0 Å². The van der Waals surface area contributed by atoms with Crippen molar-refractivity contribution in [2.75, 3.05) is 6.54 Å². The van der Waals surface area contributed by atoms with Crippen LogP contribution < -0.4 is 5.32 Å². The van der Waals surface area contributed by atoms with E-state index in [-0.39, 0.29) is 5.92 Å². The minimum atomic E-state index is -0.829. The Balaban J connectivity index is 2.54. The van der Waals surface area contributed by atoms with Crippen LogP contribution in [0, 0.1) is 19.8 Å². The number of carboxylic acids is 1. The van der Waals surface area contributed by atoms with Crippen molar-refractivity contribution in [1.82, 2.24) is 5.32 Å². The van der Waals surface area contributed by atoms with Crippen LogP contribution in [0.5, 0.6) is 0 Å². The van der Waals surface area contributed by atoms with Crippen molar-refractivity contribution in [3.05, 3.63) is 34.9 Å². The molecule has 0 aliphatic carbocycles. The van der Waals surface area contributed by atoms with Gasteiger partial charge in [-0.1, -0.05) is 38.5 Å². The molecular formula is C17H27NO3. The summed E-state index contributed by atoms with van der Waals surface area (Å²) >= 11 is 0. The molecule has 0 saturated carbocycles. The molecule has 1 rings (SSSR count). The molecule has 0 radical (unpaired) electrons. The maximum absolute atomic E-state index is 11.2. The summed E-state index contributed by atoms with van der Waals surface area (Å²) in [5.74, 6) is -0.758. The molecule has 0 aliphatic heterocycles. The summed E-state index contributed by atoms with van der Waals surface area (Å²) in [7, 11) is 0. The number of carboxylic acid groups (broad SMARTS) is 1. The molecule has 1 aromatic rings. The summed E-state index contributed by atoms with van der Waals surface area (Å²) in [5, 5.41) is 22.4. The second kappa shape index (κ2) is 8.15. The minimum Gasteiger partial charge on any atom is -0.480 e. The van der Waals surface area contributed by atoms with Gasteiger partial charge in [0.2, 0.25) is 0 Å². The Labute approximate surface area is 127 Å². The lowest BCUT2D eigenvalue weighted by Crippen LogP contribution is -2.42. The molecule has 3 unspecified atom stereocenters. The highest BCUT2D eigenvalue weighted by molar-refractivity contribution is 5.73. The van der Waals surface area contributed by atoms with E-state index in [1.54, 1.807) is 0 Å². The lowest BCUT2D eigenvalue weighted by Gasteiger charge is -2.21. The fourth-order valence-corrected chi connectivity index (χ4v) is 2.28. The first-order valence-corrected chi connectivity index (χ1v) is 7.58. The maximum Gasteiger partial charge on any atom is 0.320 e. The molecule has 0 amide bonds. The standard InChI is InChI=1S/C17H27NO3/c1-5-11(2)16(17(20)21)18-9-8-15(19)14-7-6-12(3)13(4)10-14/h6-7,10-11,15-16,18-19H,5,8-9H2,1-4H3,(H,20,21). The summed E-state index contributed by atoms with van der Waals surface area (Å²) < 4.78 is 0. The largest absolute Gasteiger partial charge is 0.480 e. The monoisotopic (exact) mass is 293 g/mol. The zero-order valence-electron chi connectivity index (χ0n) is 13.4. The van der Waals surface area contributed by atoms with Gasteiger partial charge in [0.05, 0.1) is 6.10 Å². The average molecular weight is 293 g/mol. The van der Waals surface area contributed by atoms with E-state index in [0.29, 0.717) is 13.0 Å². The van der Waals surface area contributed by atoms with Crippen molar-refractivity contribution in [3.8, 4) is 0 Å². The highest BCUT2D eigenvalue weighted by atomic mass is 16.4. The van der Waals surface area contributed by atoms with Crippen LogP contribution in [-0.2, 0) is 4.79 Å². The number of hydrogen-bond donors (Lipinski definition) is 3. The van der Waals surface area contributed by atoms with Gasteiger partial charge in [-0.15, -0.1) is 0 Å². The minimum absolute atomic E-state index is 0.0706. The highest BCUT2D eigenvalue weighted by Crippen LogP contribution is 2.19. The molecule has 0 saturated heterocycles. The fraction of sp³-hybridized carbons (Fsp3) is 0.588. The third-order valence-corrected chi connectivity index (χ3v) is 4.18. The Hall–Kier alpha value is -1.39. The van der Waals surface area contributed by atoms with E-state index >= 15 is 0 Å². The SMILES string of the molecule is CCC(C)C(NCCC(O)c1ccc(C)c(C)c1)C(=O)O. The molecule has 3 N–H and O–H groups in total. The molecule has 0 spiro atoms. The van der Waals surface area contributed by atoms with Gasteiger partial charge in [-0.3, -0.25) is 4.79 Å². The van der Waals surface area contributed by atoms with E-state index in [0.717, 1.165) is 17.5 Å². The number of carbonyl (C=O) groups is 1. The van der Waals surface area contributed by atoms with Gasteiger partial charge in [0.25, 0.3) is 0 Å². The van der Waals surface area contributed by atoms with E-state index in [2.05, 4.69) is 5.32 Å². The van der Waals surface area contributed by atoms with Crippen LogP contribution >= 0.6 is 0 Å². The number of aliphatic hydroxyl groups excluding tert-OH is 1. The first-order valence-electron chi connectivity index (χ1n) is 7.58. The van der Waals surface area contributed by atoms with Gasteiger partial charge in [-0.05, 0) is 49.4 Å². The van der Waals surface area contributed by atoms with Crippen LogP contribution in [0.25, 0.3) is 0 Å². The molecule has 118 valence electrons. The predicted octanol–water partition coefficient (Wildman–Crippen LogP) is 2.82. The van der Waals surface area contributed by atoms with Crippen molar-refractivity contribution in [2.24, 2.45) is 5.92 Å². The van der Waals surface area contributed by atoms with Crippen LogP contribution in [-0.4, -0.2) is 28.8 Å². The molecule has 0 bridgehead atoms. The van der Waals surface area contributed by atoms with Crippen LogP contribution in [0.4, 0.5) is 0 Å². The van der Waals surface area contributed by atoms with Crippen LogP contribution in [0.1, 0.15) is 49.5 Å². The zero-order chi connectivity index (χ0) is 16.0. The molecule has 0 aliphatic rings. The molecule has 0 heterocycles. The lowest BCUT2D eigenvalue weighted by atomic mass is 9.98. The van der Waals surface area contributed by atoms with Gasteiger partial charge < -0.3 is 15.5 Å². The first kappa shape index (κ1) is 17.7. The van der Waals surface area contributed by atoms with E-state index in [1.165, 1.54) is 5.56 Å². The maximum atomic E-state index is 11.2. The van der Waals surface area contributed by atoms with Gasteiger partial charge in [0, 0.05) is 0 Å². The van der Waals surface area contributed by atoms with Gasteiger partial charge in [0.15, 0.2) is 0 Å². The Bertz CT molecular complexity index is 473. The molecule has 1 aromatic carbocycles. The normalized spacial score (nSPS) is 15.5. The second-order valence-electron chi connectivity index (χ2n) is 5.80. The van der Waals surface area contributed by atoms with E-state index in [9.17, 15) is 15.0 Å². The third-order valence-electron chi connectivity index (χ3n) is 4.18. The summed E-state index contributed by atoms with van der Waals surface area (Å²) in [5.41, 5.74) is 3.24. The molecular weight excluding hydrogens is 266 g/mol. The fourth-order valence-electron chi connectivity index (χ4n) is 2.28. The molecule has 4 heteroatoms. The number of rotatable bonds is 8. The van der Waals surface area contributed by atoms with Crippen molar-refractivity contribution in [3.63, 3.8) is 0 Å². The van der Waals surface area contributed by atoms with Crippen LogP contribution in [0.15, 0.2) is 18.2 Å². The third kappa shape index (κ3) is 5.14. The Kier molecular flexibility index (Phi) is 6.85. The Morgan fingerprint density at radius 1 is 1.29 bits per heavy atom. The number of nitrogens with one attached hydrogen (secondary N) is 1. The predicted molar refractivity (Wildman–Crippen MR) is 84.4 cm³/mol. The van der Waals surface area contributed by atoms with E-state index in [4.69, 9.17) is 0 Å². The summed E-state index contributed by atoms with van der Waals surface area (Å²) in [6.07, 6.45) is 0.745. The van der Waals surface area contributed by atoms with Gasteiger partial charge in [-0.2, -0.15) is 0 Å². The van der Waals surface area contributed by atoms with Crippen molar-refractivity contribution in [1.29, 1.82) is 0 Å². The number of aliphatic carboxylic acids is 1. The van der Waals surface area contributed by atoms with Crippen LogP contribution in [0.3, 0.4) is 0 Å². The van der Waals surface area contributed by atoms with Gasteiger partial charge in [0.1, 0.15) is 6.04 Å². The number of aliphatic hydroxyl groups is 1. The highest BCUT2D eigenvalue weighted by Gasteiger charge is 2.22. The first-order chi connectivity index (χ1) is 9.86. The summed E-state index contributed by atoms with van der Waals surface area (Å²) in [6.45, 7) is 8.44. The summed E-state index contributed by atoms with van der Waals surface area (Å²) in [4.78, 5) is 11.2. The Morgan fingerprint density at radius 2 is 1.95 bits per heavy atom. The van der Waals surface area contributed by atoms with Gasteiger partial charge >= 0.3 is 5.97 Å². The Morgan fingerprint density at radius 3 is 2.48 bits per heavy atom. The zero-order valence-corrected chi connectivity index (χ0v) is 13.4. The number of aryl methyl sites for hydroxylation is 2. The van der Waals surface area contributed by atoms with E-state index in [1.807, 2.05) is 45.9 Å². The van der Waals surface area contributed by atoms with Crippen molar-refractivity contribution in [2.45, 2.75) is 52.7 Å². The number of benzene rings is 1. The van der Waals surface area contributed by atoms with Crippen molar-refractivity contribution >= 4 is 5.97 Å². The topological polar surface area (TPSA) is 69.6 Å². The summed E-state index contributed by atoms with van der Waals surface area (Å²) in [6, 6.07) is 5.36. The molecule has 3 atom stereocenters. The number of hydrogen-bond acceptors (Lipinski definition) is 3. The van der Waals surface area contributed by atoms with Gasteiger partial charge in [-0.25, -0.2) is 0 Å². The average Bonchev–Trinajstić information content (AvgIpc) is 2.45. The smallest absolute Gasteiger partial charge is 0.320 e. The quantitative estimate of drug-likeness (QED) is 0.689.